The molecule has 2 aromatic carbocycles. The molecule has 0 spiro atoms. The Balaban J connectivity index is 1.67. The number of allylic oxidation sites excluding steroid dienone is 4. The highest BCUT2D eigenvalue weighted by atomic mass is 79.9. The number of aryl methyl sites for hydroxylation is 1. The average molecular weight is 651 g/mol. The van der Waals surface area contributed by atoms with Gasteiger partial charge in [0.25, 0.3) is 0 Å². The van der Waals surface area contributed by atoms with Gasteiger partial charge in [0, 0.05) is 41.3 Å². The number of halogens is 1. The topological polar surface area (TPSA) is 93.1 Å². The number of aliphatic carboxylic acids is 1. The predicted octanol–water partition coefficient (Wildman–Crippen LogP) is 7.51. The van der Waals surface area contributed by atoms with E-state index in [2.05, 4.69) is 15.9 Å². The Kier molecular flexibility index (Phi) is 8.38. The van der Waals surface area contributed by atoms with Gasteiger partial charge >= 0.3 is 5.97 Å². The highest BCUT2D eigenvalue weighted by Gasteiger charge is 2.49. The lowest BCUT2D eigenvalue weighted by atomic mass is 9.63. The minimum atomic E-state index is -1.000. The molecule has 0 amide bonds. The van der Waals surface area contributed by atoms with Crippen LogP contribution in [-0.2, 0) is 21.0 Å². The van der Waals surface area contributed by atoms with Gasteiger partial charge in [-0.05, 0) is 76.7 Å². The van der Waals surface area contributed by atoms with Crippen molar-refractivity contribution < 1.29 is 29.0 Å². The van der Waals surface area contributed by atoms with Crippen molar-refractivity contribution in [1.82, 2.24) is 4.90 Å². The summed E-state index contributed by atoms with van der Waals surface area (Å²) in [6.45, 7) is 12.5. The Labute approximate surface area is 262 Å². The van der Waals surface area contributed by atoms with Crippen molar-refractivity contribution in [2.75, 3.05) is 13.2 Å². The molecule has 0 aromatic heterocycles. The minimum absolute atomic E-state index is 0.0513. The highest BCUT2D eigenvalue weighted by Crippen LogP contribution is 2.55. The van der Waals surface area contributed by atoms with Gasteiger partial charge in [-0.2, -0.15) is 0 Å². The van der Waals surface area contributed by atoms with Gasteiger partial charge in [0.2, 0.25) is 0 Å². The lowest BCUT2D eigenvalue weighted by molar-refractivity contribution is -0.138. The van der Waals surface area contributed by atoms with Gasteiger partial charge in [-0.25, -0.2) is 0 Å². The summed E-state index contributed by atoms with van der Waals surface area (Å²) < 4.78 is 13.0. The zero-order chi connectivity index (χ0) is 31.3. The van der Waals surface area contributed by atoms with E-state index >= 15 is 0 Å². The minimum Gasteiger partial charge on any atom is -0.490 e. The normalized spacial score (nSPS) is 19.7. The van der Waals surface area contributed by atoms with Crippen LogP contribution >= 0.6 is 15.9 Å². The number of carbonyl (C=O) groups excluding carboxylic acids is 2. The molecule has 2 aliphatic carbocycles. The number of benzene rings is 2. The second-order valence-electron chi connectivity index (χ2n) is 13.6. The fraction of sp³-hybridized carbons (Fsp3) is 0.457. The number of Topliss-reactive ketones (excluding diaryl/α,β-unsaturated/α-hetero) is 2. The summed E-state index contributed by atoms with van der Waals surface area (Å²) in [5, 5.41) is 9.94. The van der Waals surface area contributed by atoms with Crippen LogP contribution in [0.25, 0.3) is 0 Å². The molecule has 0 radical (unpaired) electrons. The van der Waals surface area contributed by atoms with Gasteiger partial charge in [0.05, 0.1) is 11.1 Å². The molecule has 1 heterocycles. The standard InChI is InChI=1S/C35H40BrNO6/c1-7-42-28-13-22(12-23(36)33(28)43-19-21-10-8-20(2)9-11-21)30-31-24(14-34(3,4)16-26(31)38)37(18-29(40)41)25-15-35(5,6)17-27(39)32(25)30/h8-13,30H,7,14-19H2,1-6H3,(H,40,41). The van der Waals surface area contributed by atoms with Crippen LogP contribution in [-0.4, -0.2) is 40.7 Å². The van der Waals surface area contributed by atoms with E-state index in [4.69, 9.17) is 9.47 Å². The summed E-state index contributed by atoms with van der Waals surface area (Å²) in [6, 6.07) is 11.9. The first-order valence-electron chi connectivity index (χ1n) is 14.9. The van der Waals surface area contributed by atoms with E-state index < -0.39 is 11.9 Å². The van der Waals surface area contributed by atoms with E-state index in [1.54, 1.807) is 4.90 Å². The van der Waals surface area contributed by atoms with Crippen LogP contribution in [0, 0.1) is 17.8 Å². The summed E-state index contributed by atoms with van der Waals surface area (Å²) in [7, 11) is 0. The molecule has 3 aliphatic rings. The van der Waals surface area contributed by atoms with Crippen LogP contribution in [0.2, 0.25) is 0 Å². The number of nitrogens with zero attached hydrogens (tertiary/aromatic N) is 1. The molecule has 0 bridgehead atoms. The van der Waals surface area contributed by atoms with Crippen molar-refractivity contribution in [3.63, 3.8) is 0 Å². The first-order valence-corrected chi connectivity index (χ1v) is 15.7. The molecule has 5 rings (SSSR count). The van der Waals surface area contributed by atoms with E-state index in [1.807, 2.05) is 77.9 Å². The first kappa shape index (κ1) is 31.0. The van der Waals surface area contributed by atoms with Gasteiger partial charge in [-0.3, -0.25) is 14.4 Å². The fourth-order valence-corrected chi connectivity index (χ4v) is 7.28. The van der Waals surface area contributed by atoms with Crippen molar-refractivity contribution in [3.8, 4) is 11.5 Å². The number of hydrogen-bond acceptors (Lipinski definition) is 6. The maximum atomic E-state index is 14.0. The molecule has 0 saturated carbocycles. The van der Waals surface area contributed by atoms with Crippen molar-refractivity contribution in [1.29, 1.82) is 0 Å². The van der Waals surface area contributed by atoms with Crippen LogP contribution in [0.15, 0.2) is 63.4 Å². The molecule has 0 unspecified atom stereocenters. The zero-order valence-corrected chi connectivity index (χ0v) is 27.4. The Morgan fingerprint density at radius 2 is 1.49 bits per heavy atom. The number of ketones is 2. The maximum absolute atomic E-state index is 14.0. The van der Waals surface area contributed by atoms with Crippen molar-refractivity contribution in [3.05, 3.63) is 80.1 Å². The summed E-state index contributed by atoms with van der Waals surface area (Å²) in [6.07, 6.45) is 1.73. The monoisotopic (exact) mass is 649 g/mol. The van der Waals surface area contributed by atoms with E-state index in [1.165, 1.54) is 5.56 Å². The predicted molar refractivity (Wildman–Crippen MR) is 168 cm³/mol. The number of carbonyl (C=O) groups is 3. The summed E-state index contributed by atoms with van der Waals surface area (Å²) in [4.78, 5) is 41.9. The third kappa shape index (κ3) is 6.30. The van der Waals surface area contributed by atoms with Gasteiger partial charge in [0.1, 0.15) is 13.2 Å². The Morgan fingerprint density at radius 1 is 0.930 bits per heavy atom. The molecule has 1 aliphatic heterocycles. The Morgan fingerprint density at radius 3 is 2.00 bits per heavy atom. The third-order valence-electron chi connectivity index (χ3n) is 8.48. The first-order chi connectivity index (χ1) is 20.2. The van der Waals surface area contributed by atoms with Crippen molar-refractivity contribution >= 4 is 33.5 Å². The van der Waals surface area contributed by atoms with Crippen LogP contribution < -0.4 is 9.47 Å². The highest BCUT2D eigenvalue weighted by molar-refractivity contribution is 9.10. The van der Waals surface area contributed by atoms with Gasteiger partial charge in [-0.1, -0.05) is 57.5 Å². The SMILES string of the molecule is CCOc1cc(C2C3=C(CC(C)(C)CC3=O)N(CC(=O)O)C3=C2C(=O)CC(C)(C)C3)cc(Br)c1OCc1ccc(C)cc1. The van der Waals surface area contributed by atoms with Crippen LogP contribution in [0.3, 0.4) is 0 Å². The average Bonchev–Trinajstić information content (AvgIpc) is 2.88. The van der Waals surface area contributed by atoms with Gasteiger partial charge in [-0.15, -0.1) is 0 Å². The Bertz CT molecular complexity index is 1490. The Hall–Kier alpha value is -3.39. The lowest BCUT2D eigenvalue weighted by Crippen LogP contribution is -2.45. The van der Waals surface area contributed by atoms with Crippen molar-refractivity contribution in [2.24, 2.45) is 10.8 Å². The molecule has 0 atom stereocenters. The summed E-state index contributed by atoms with van der Waals surface area (Å²) in [5.41, 5.74) is 4.73. The smallest absolute Gasteiger partial charge is 0.323 e. The second kappa shape index (κ2) is 11.6. The molecule has 0 fully saturated rings. The molecule has 8 heteroatoms. The van der Waals surface area contributed by atoms with Crippen LogP contribution in [0.4, 0.5) is 0 Å². The number of carboxylic acids is 1. The second-order valence-corrected chi connectivity index (χ2v) is 14.4. The van der Waals surface area contributed by atoms with E-state index in [0.717, 1.165) is 11.1 Å². The summed E-state index contributed by atoms with van der Waals surface area (Å²) >= 11 is 3.71. The van der Waals surface area contributed by atoms with E-state index in [-0.39, 0.29) is 28.9 Å². The van der Waals surface area contributed by atoms with E-state index in [0.29, 0.717) is 77.4 Å². The van der Waals surface area contributed by atoms with Gasteiger partial charge in [0.15, 0.2) is 23.1 Å². The maximum Gasteiger partial charge on any atom is 0.323 e. The zero-order valence-electron chi connectivity index (χ0n) is 25.8. The van der Waals surface area contributed by atoms with Crippen LogP contribution in [0.1, 0.15) is 82.9 Å². The molecule has 0 saturated heterocycles. The lowest BCUT2D eigenvalue weighted by Gasteiger charge is -2.48. The molecule has 228 valence electrons. The van der Waals surface area contributed by atoms with Crippen LogP contribution in [0.5, 0.6) is 11.5 Å². The molecule has 7 nitrogen and oxygen atoms in total. The number of rotatable bonds is 8. The largest absolute Gasteiger partial charge is 0.490 e. The number of hydrogen-bond donors (Lipinski definition) is 1. The quantitative estimate of drug-likeness (QED) is 0.316. The van der Waals surface area contributed by atoms with Crippen molar-refractivity contribution in [2.45, 2.75) is 79.8 Å². The number of ether oxygens (including phenoxy) is 2. The summed E-state index contributed by atoms with van der Waals surface area (Å²) in [5.74, 6) is -0.660. The van der Waals surface area contributed by atoms with E-state index in [9.17, 15) is 19.5 Å². The fourth-order valence-electron chi connectivity index (χ4n) is 6.70. The molecular formula is C35H40BrNO6. The number of carboxylic acid groups (broad SMARTS) is 1. The third-order valence-corrected chi connectivity index (χ3v) is 9.07. The molecule has 1 N–H and O–H groups in total. The molecular weight excluding hydrogens is 610 g/mol. The molecule has 2 aromatic rings. The van der Waals surface area contributed by atoms with Gasteiger partial charge < -0.3 is 19.5 Å². The molecule has 43 heavy (non-hydrogen) atoms.